The predicted octanol–water partition coefficient (Wildman–Crippen LogP) is 4.05. The van der Waals surface area contributed by atoms with Gasteiger partial charge in [-0.1, -0.05) is 29.3 Å². The fraction of sp³-hybridized carbons (Fsp3) is 0.562. The highest BCUT2D eigenvalue weighted by Gasteiger charge is 2.32. The maximum atomic E-state index is 12.1. The van der Waals surface area contributed by atoms with Gasteiger partial charge in [0.05, 0.1) is 10.0 Å². The Morgan fingerprint density at radius 2 is 2.00 bits per heavy atom. The molecule has 4 nitrogen and oxygen atoms in total. The molecule has 0 saturated carbocycles. The van der Waals surface area contributed by atoms with E-state index in [2.05, 4.69) is 0 Å². The largest absolute Gasteiger partial charge is 0.444 e. The van der Waals surface area contributed by atoms with Gasteiger partial charge in [-0.3, -0.25) is 0 Å². The van der Waals surface area contributed by atoms with Gasteiger partial charge in [0, 0.05) is 25.0 Å². The van der Waals surface area contributed by atoms with E-state index in [0.29, 0.717) is 23.1 Å². The Bertz CT molecular complexity index is 558. The zero-order valence-electron chi connectivity index (χ0n) is 13.1. The Morgan fingerprint density at radius 3 is 2.55 bits per heavy atom. The molecule has 1 amide bonds. The monoisotopic (exact) mass is 344 g/mol. The number of carbonyl (C=O) groups excluding carboxylic acids is 1. The molecular formula is C16H22Cl2N2O2. The topological polar surface area (TPSA) is 55.6 Å². The van der Waals surface area contributed by atoms with Crippen LogP contribution in [0.4, 0.5) is 4.79 Å². The number of hydrogen-bond acceptors (Lipinski definition) is 3. The Morgan fingerprint density at radius 1 is 1.32 bits per heavy atom. The van der Waals surface area contributed by atoms with Gasteiger partial charge in [0.15, 0.2) is 0 Å². The van der Waals surface area contributed by atoms with Crippen LogP contribution in [0.25, 0.3) is 0 Å². The van der Waals surface area contributed by atoms with E-state index in [-0.39, 0.29) is 18.1 Å². The van der Waals surface area contributed by atoms with Gasteiger partial charge in [0.2, 0.25) is 0 Å². The highest BCUT2D eigenvalue weighted by molar-refractivity contribution is 6.42. The summed E-state index contributed by atoms with van der Waals surface area (Å²) in [5.41, 5.74) is 6.83. The minimum atomic E-state index is -0.498. The molecule has 0 radical (unpaired) electrons. The molecular weight excluding hydrogens is 323 g/mol. The summed E-state index contributed by atoms with van der Waals surface area (Å²) in [6.45, 7) is 6.65. The summed E-state index contributed by atoms with van der Waals surface area (Å²) in [6.07, 6.45) is 0.466. The number of amides is 1. The number of nitrogens with zero attached hydrogens (tertiary/aromatic N) is 1. The number of halogens is 2. The van der Waals surface area contributed by atoms with Gasteiger partial charge in [-0.15, -0.1) is 0 Å². The van der Waals surface area contributed by atoms with E-state index < -0.39 is 5.60 Å². The quantitative estimate of drug-likeness (QED) is 0.836. The number of hydrogen-bond donors (Lipinski definition) is 1. The molecule has 2 atom stereocenters. The first-order chi connectivity index (χ1) is 10.2. The molecule has 0 aliphatic carbocycles. The van der Waals surface area contributed by atoms with Crippen LogP contribution in [0.3, 0.4) is 0 Å². The maximum absolute atomic E-state index is 12.1. The highest BCUT2D eigenvalue weighted by Crippen LogP contribution is 2.32. The molecule has 1 aromatic carbocycles. The molecule has 1 aliphatic heterocycles. The van der Waals surface area contributed by atoms with Crippen molar-refractivity contribution < 1.29 is 9.53 Å². The molecule has 1 aliphatic rings. The zero-order chi connectivity index (χ0) is 16.5. The standard InChI is InChI=1S/C16H22Cl2N2O2/c1-16(2,3)22-15(21)20-7-6-11(14(19)9-20)10-4-5-12(17)13(18)8-10/h4-5,8,11,14H,6-7,9,19H2,1-3H3/t11-,14+/m0/s1. The molecule has 122 valence electrons. The molecule has 2 rings (SSSR count). The molecule has 0 bridgehead atoms. The van der Waals surface area contributed by atoms with E-state index in [1.54, 1.807) is 11.0 Å². The van der Waals surface area contributed by atoms with Crippen molar-refractivity contribution in [2.75, 3.05) is 13.1 Å². The Kier molecular flexibility index (Phi) is 5.25. The lowest BCUT2D eigenvalue weighted by molar-refractivity contribution is 0.0186. The molecule has 1 aromatic rings. The van der Waals surface area contributed by atoms with Gasteiger partial charge in [0.1, 0.15) is 5.60 Å². The molecule has 6 heteroatoms. The SMILES string of the molecule is CC(C)(C)OC(=O)N1CC[C@@H](c2ccc(Cl)c(Cl)c2)[C@H](N)C1. The van der Waals surface area contributed by atoms with Crippen LogP contribution in [0.2, 0.25) is 10.0 Å². The van der Waals surface area contributed by atoms with Crippen molar-refractivity contribution >= 4 is 29.3 Å². The highest BCUT2D eigenvalue weighted by atomic mass is 35.5. The summed E-state index contributed by atoms with van der Waals surface area (Å²) in [5, 5.41) is 1.06. The van der Waals surface area contributed by atoms with Crippen molar-refractivity contribution in [3.63, 3.8) is 0 Å². The van der Waals surface area contributed by atoms with E-state index in [1.165, 1.54) is 0 Å². The first-order valence-electron chi connectivity index (χ1n) is 7.36. The van der Waals surface area contributed by atoms with Crippen LogP contribution < -0.4 is 5.73 Å². The van der Waals surface area contributed by atoms with Crippen LogP contribution in [0.5, 0.6) is 0 Å². The summed E-state index contributed by atoms with van der Waals surface area (Å²) in [5.74, 6) is 0.161. The fourth-order valence-electron chi connectivity index (χ4n) is 2.63. The molecule has 1 saturated heterocycles. The van der Waals surface area contributed by atoms with Gasteiger partial charge in [0.25, 0.3) is 0 Å². The second-order valence-electron chi connectivity index (χ2n) is 6.66. The van der Waals surface area contributed by atoms with E-state index in [9.17, 15) is 4.79 Å². The Labute approximate surface area is 141 Å². The number of piperidine rings is 1. The van der Waals surface area contributed by atoms with Gasteiger partial charge < -0.3 is 15.4 Å². The van der Waals surface area contributed by atoms with Crippen LogP contribution in [0.1, 0.15) is 38.7 Å². The first-order valence-corrected chi connectivity index (χ1v) is 8.11. The van der Waals surface area contributed by atoms with Gasteiger partial charge in [-0.2, -0.15) is 0 Å². The average Bonchev–Trinajstić information content (AvgIpc) is 2.40. The van der Waals surface area contributed by atoms with Crippen molar-refractivity contribution in [2.45, 2.75) is 44.8 Å². The minimum absolute atomic E-state index is 0.154. The molecule has 1 fully saturated rings. The minimum Gasteiger partial charge on any atom is -0.444 e. The number of ether oxygens (including phenoxy) is 1. The lowest BCUT2D eigenvalue weighted by Gasteiger charge is -2.37. The summed E-state index contributed by atoms with van der Waals surface area (Å²) in [6, 6.07) is 5.43. The van der Waals surface area contributed by atoms with Gasteiger partial charge in [-0.05, 0) is 44.9 Å². The van der Waals surface area contributed by atoms with Crippen LogP contribution in [0, 0.1) is 0 Å². The van der Waals surface area contributed by atoms with Crippen LogP contribution in [0.15, 0.2) is 18.2 Å². The third-order valence-corrected chi connectivity index (χ3v) is 4.42. The van der Waals surface area contributed by atoms with Crippen LogP contribution in [-0.2, 0) is 4.74 Å². The van der Waals surface area contributed by atoms with Gasteiger partial charge >= 0.3 is 6.09 Å². The summed E-state index contributed by atoms with van der Waals surface area (Å²) in [7, 11) is 0. The number of likely N-dealkylation sites (tertiary alicyclic amines) is 1. The van der Waals surface area contributed by atoms with Crippen molar-refractivity contribution in [3.05, 3.63) is 33.8 Å². The van der Waals surface area contributed by atoms with Crippen molar-refractivity contribution in [3.8, 4) is 0 Å². The zero-order valence-corrected chi connectivity index (χ0v) is 14.6. The number of carbonyl (C=O) groups is 1. The van der Waals surface area contributed by atoms with Crippen molar-refractivity contribution in [1.82, 2.24) is 4.90 Å². The third kappa shape index (κ3) is 4.28. The molecule has 0 spiro atoms. The lowest BCUT2D eigenvalue weighted by Crippen LogP contribution is -2.50. The molecule has 0 aromatic heterocycles. The molecule has 1 heterocycles. The second-order valence-corrected chi connectivity index (χ2v) is 7.47. The van der Waals surface area contributed by atoms with Gasteiger partial charge in [-0.25, -0.2) is 4.79 Å². The van der Waals surface area contributed by atoms with Crippen molar-refractivity contribution in [2.24, 2.45) is 5.73 Å². The maximum Gasteiger partial charge on any atom is 0.410 e. The van der Waals surface area contributed by atoms with E-state index >= 15 is 0 Å². The number of nitrogens with two attached hydrogens (primary N) is 1. The normalized spacial score (nSPS) is 22.5. The Hall–Kier alpha value is -0.970. The Balaban J connectivity index is 2.03. The average molecular weight is 345 g/mol. The summed E-state index contributed by atoms with van der Waals surface area (Å²) < 4.78 is 5.39. The first kappa shape index (κ1) is 17.4. The lowest BCUT2D eigenvalue weighted by atomic mass is 9.86. The fourth-order valence-corrected chi connectivity index (χ4v) is 2.94. The van der Waals surface area contributed by atoms with Crippen LogP contribution >= 0.6 is 23.2 Å². The van der Waals surface area contributed by atoms with E-state index in [0.717, 1.165) is 12.0 Å². The molecule has 22 heavy (non-hydrogen) atoms. The van der Waals surface area contributed by atoms with Crippen molar-refractivity contribution in [1.29, 1.82) is 0 Å². The second kappa shape index (κ2) is 6.65. The molecule has 2 N–H and O–H groups in total. The third-order valence-electron chi connectivity index (χ3n) is 3.68. The van der Waals surface area contributed by atoms with Crippen LogP contribution in [-0.4, -0.2) is 35.7 Å². The smallest absolute Gasteiger partial charge is 0.410 e. The van der Waals surface area contributed by atoms with E-state index in [1.807, 2.05) is 32.9 Å². The predicted molar refractivity (Wildman–Crippen MR) is 89.6 cm³/mol. The summed E-state index contributed by atoms with van der Waals surface area (Å²) >= 11 is 12.0. The number of benzene rings is 1. The molecule has 0 unspecified atom stereocenters. The van der Waals surface area contributed by atoms with E-state index in [4.69, 9.17) is 33.7 Å². The summed E-state index contributed by atoms with van der Waals surface area (Å²) in [4.78, 5) is 13.8. The number of rotatable bonds is 1.